The van der Waals surface area contributed by atoms with Crippen LogP contribution in [-0.2, 0) is 4.79 Å². The summed E-state index contributed by atoms with van der Waals surface area (Å²) in [4.78, 5) is 10.5. The molecule has 0 fully saturated rings. The van der Waals surface area contributed by atoms with Crippen molar-refractivity contribution in [2.75, 3.05) is 6.54 Å². The van der Waals surface area contributed by atoms with Crippen LogP contribution in [-0.4, -0.2) is 12.5 Å². The highest BCUT2D eigenvalue weighted by atomic mass is 19.1. The van der Waals surface area contributed by atoms with E-state index in [0.717, 1.165) is 5.56 Å². The zero-order valence-corrected chi connectivity index (χ0v) is 9.37. The third kappa shape index (κ3) is 4.40. The zero-order valence-electron chi connectivity index (χ0n) is 9.37. The van der Waals surface area contributed by atoms with Gasteiger partial charge in [-0.2, -0.15) is 0 Å². The molecule has 0 aliphatic heterocycles. The van der Waals surface area contributed by atoms with E-state index >= 15 is 0 Å². The molecule has 0 bridgehead atoms. The van der Waals surface area contributed by atoms with E-state index in [1.807, 2.05) is 13.0 Å². The minimum atomic E-state index is -0.291. The monoisotopic (exact) mass is 224 g/mol. The summed E-state index contributed by atoms with van der Waals surface area (Å²) in [5.41, 5.74) is 5.93. The van der Waals surface area contributed by atoms with Gasteiger partial charge in [-0.3, -0.25) is 4.79 Å². The van der Waals surface area contributed by atoms with Gasteiger partial charge in [0, 0.05) is 12.5 Å². The first-order valence-electron chi connectivity index (χ1n) is 5.36. The summed E-state index contributed by atoms with van der Waals surface area (Å²) >= 11 is 0. The second-order valence-corrected chi connectivity index (χ2v) is 3.80. The van der Waals surface area contributed by atoms with Crippen LogP contribution in [0.3, 0.4) is 0 Å². The maximum atomic E-state index is 12.9. The number of carbonyl (C=O) groups is 1. The van der Waals surface area contributed by atoms with Gasteiger partial charge >= 0.3 is 0 Å². The number of amides is 1. The SMILES string of the molecule is CC(NCCCC(N)=O)c1cccc(F)c1. The summed E-state index contributed by atoms with van der Waals surface area (Å²) < 4.78 is 12.9. The number of rotatable bonds is 6. The molecule has 4 heteroatoms. The van der Waals surface area contributed by atoms with E-state index in [-0.39, 0.29) is 17.8 Å². The van der Waals surface area contributed by atoms with Crippen LogP contribution in [0.25, 0.3) is 0 Å². The van der Waals surface area contributed by atoms with Gasteiger partial charge in [0.15, 0.2) is 0 Å². The van der Waals surface area contributed by atoms with Crippen molar-refractivity contribution >= 4 is 5.91 Å². The molecule has 1 aromatic carbocycles. The fourth-order valence-electron chi connectivity index (χ4n) is 1.47. The highest BCUT2D eigenvalue weighted by molar-refractivity contribution is 5.73. The Morgan fingerprint density at radius 1 is 1.56 bits per heavy atom. The van der Waals surface area contributed by atoms with Crippen LogP contribution >= 0.6 is 0 Å². The van der Waals surface area contributed by atoms with Gasteiger partial charge in [0.05, 0.1) is 0 Å². The molecule has 16 heavy (non-hydrogen) atoms. The third-order valence-electron chi connectivity index (χ3n) is 2.40. The first-order valence-corrected chi connectivity index (χ1v) is 5.36. The molecule has 0 radical (unpaired) electrons. The van der Waals surface area contributed by atoms with E-state index in [1.54, 1.807) is 6.07 Å². The summed E-state index contributed by atoms with van der Waals surface area (Å²) in [6.07, 6.45) is 1.08. The molecule has 3 nitrogen and oxygen atoms in total. The molecular formula is C12H17FN2O. The summed E-state index contributed by atoms with van der Waals surface area (Å²) in [7, 11) is 0. The van der Waals surface area contributed by atoms with Gasteiger partial charge in [-0.1, -0.05) is 12.1 Å². The standard InChI is InChI=1S/C12H17FN2O/c1-9(15-7-3-6-12(14)16)10-4-2-5-11(13)8-10/h2,4-5,8-9,15H,3,6-7H2,1H3,(H2,14,16). The van der Waals surface area contributed by atoms with Crippen LogP contribution in [0.15, 0.2) is 24.3 Å². The Morgan fingerprint density at radius 2 is 2.31 bits per heavy atom. The van der Waals surface area contributed by atoms with Crippen molar-refractivity contribution in [1.29, 1.82) is 0 Å². The Morgan fingerprint density at radius 3 is 2.94 bits per heavy atom. The van der Waals surface area contributed by atoms with E-state index in [4.69, 9.17) is 5.73 Å². The zero-order chi connectivity index (χ0) is 12.0. The van der Waals surface area contributed by atoms with Crippen LogP contribution in [0.1, 0.15) is 31.4 Å². The van der Waals surface area contributed by atoms with Crippen molar-refractivity contribution in [2.45, 2.75) is 25.8 Å². The molecule has 0 saturated heterocycles. The number of carbonyl (C=O) groups excluding carboxylic acids is 1. The van der Waals surface area contributed by atoms with Crippen LogP contribution in [0.2, 0.25) is 0 Å². The maximum Gasteiger partial charge on any atom is 0.217 e. The van der Waals surface area contributed by atoms with E-state index in [9.17, 15) is 9.18 Å². The topological polar surface area (TPSA) is 55.1 Å². The number of nitrogens with two attached hydrogens (primary N) is 1. The summed E-state index contributed by atoms with van der Waals surface area (Å²) in [6.45, 7) is 2.65. The summed E-state index contributed by atoms with van der Waals surface area (Å²) in [5, 5.41) is 3.21. The second kappa shape index (κ2) is 6.23. The minimum Gasteiger partial charge on any atom is -0.370 e. The van der Waals surface area contributed by atoms with Gasteiger partial charge < -0.3 is 11.1 Å². The van der Waals surface area contributed by atoms with Gasteiger partial charge in [0.25, 0.3) is 0 Å². The molecule has 1 aromatic rings. The van der Waals surface area contributed by atoms with Crippen LogP contribution in [0.5, 0.6) is 0 Å². The van der Waals surface area contributed by atoms with E-state index in [1.165, 1.54) is 12.1 Å². The highest BCUT2D eigenvalue weighted by Crippen LogP contribution is 2.13. The van der Waals surface area contributed by atoms with Crippen LogP contribution in [0, 0.1) is 5.82 Å². The van der Waals surface area contributed by atoms with Crippen molar-refractivity contribution in [1.82, 2.24) is 5.32 Å². The van der Waals surface area contributed by atoms with Gasteiger partial charge in [0.1, 0.15) is 5.82 Å². The van der Waals surface area contributed by atoms with E-state index in [0.29, 0.717) is 19.4 Å². The molecule has 0 aliphatic carbocycles. The van der Waals surface area contributed by atoms with Gasteiger partial charge in [-0.15, -0.1) is 0 Å². The Balaban J connectivity index is 2.35. The normalized spacial score (nSPS) is 12.4. The lowest BCUT2D eigenvalue weighted by Crippen LogP contribution is -2.21. The highest BCUT2D eigenvalue weighted by Gasteiger charge is 2.05. The lowest BCUT2D eigenvalue weighted by atomic mass is 10.1. The average Bonchev–Trinajstić information content (AvgIpc) is 2.24. The average molecular weight is 224 g/mol. The number of benzene rings is 1. The quantitative estimate of drug-likeness (QED) is 0.723. The molecule has 0 aliphatic rings. The molecule has 0 heterocycles. The first-order chi connectivity index (χ1) is 7.59. The number of primary amides is 1. The van der Waals surface area contributed by atoms with Crippen molar-refractivity contribution in [2.24, 2.45) is 5.73 Å². The van der Waals surface area contributed by atoms with Crippen LogP contribution < -0.4 is 11.1 Å². The van der Waals surface area contributed by atoms with Gasteiger partial charge in [-0.25, -0.2) is 4.39 Å². The maximum absolute atomic E-state index is 12.9. The molecule has 1 amide bonds. The number of hydrogen-bond acceptors (Lipinski definition) is 2. The molecule has 0 spiro atoms. The summed E-state index contributed by atoms with van der Waals surface area (Å²) in [5.74, 6) is -0.525. The van der Waals surface area contributed by atoms with E-state index in [2.05, 4.69) is 5.32 Å². The smallest absolute Gasteiger partial charge is 0.217 e. The summed E-state index contributed by atoms with van der Waals surface area (Å²) in [6, 6.07) is 6.56. The second-order valence-electron chi connectivity index (χ2n) is 3.80. The number of nitrogens with one attached hydrogen (secondary N) is 1. The predicted molar refractivity (Wildman–Crippen MR) is 61.2 cm³/mol. The molecule has 1 rings (SSSR count). The molecule has 1 atom stereocenters. The number of hydrogen-bond donors (Lipinski definition) is 2. The van der Waals surface area contributed by atoms with Crippen molar-refractivity contribution in [3.8, 4) is 0 Å². The van der Waals surface area contributed by atoms with Crippen LogP contribution in [0.4, 0.5) is 4.39 Å². The molecule has 0 aromatic heterocycles. The molecule has 1 unspecified atom stereocenters. The predicted octanol–water partition coefficient (Wildman–Crippen LogP) is 1.74. The molecule has 3 N–H and O–H groups in total. The fraction of sp³-hybridized carbons (Fsp3) is 0.417. The third-order valence-corrected chi connectivity index (χ3v) is 2.40. The van der Waals surface area contributed by atoms with Gasteiger partial charge in [-0.05, 0) is 37.6 Å². The van der Waals surface area contributed by atoms with Crippen molar-refractivity contribution in [3.05, 3.63) is 35.6 Å². The van der Waals surface area contributed by atoms with Gasteiger partial charge in [0.2, 0.25) is 5.91 Å². The number of halogens is 1. The van der Waals surface area contributed by atoms with E-state index < -0.39 is 0 Å². The Labute approximate surface area is 94.8 Å². The van der Waals surface area contributed by atoms with Crippen molar-refractivity contribution in [3.63, 3.8) is 0 Å². The Bertz CT molecular complexity index is 355. The lowest BCUT2D eigenvalue weighted by molar-refractivity contribution is -0.118. The molecular weight excluding hydrogens is 207 g/mol. The Kier molecular flexibility index (Phi) is 4.92. The first kappa shape index (κ1) is 12.6. The lowest BCUT2D eigenvalue weighted by Gasteiger charge is -2.13. The van der Waals surface area contributed by atoms with Crippen molar-refractivity contribution < 1.29 is 9.18 Å². The fourth-order valence-corrected chi connectivity index (χ4v) is 1.47. The molecule has 0 saturated carbocycles. The molecule has 88 valence electrons. The largest absolute Gasteiger partial charge is 0.370 e. The minimum absolute atomic E-state index is 0.0728. The Hall–Kier alpha value is -1.42.